The van der Waals surface area contributed by atoms with Gasteiger partial charge in [0.05, 0.1) is 5.56 Å². The summed E-state index contributed by atoms with van der Waals surface area (Å²) in [5.41, 5.74) is 0.337. The molecule has 0 radical (unpaired) electrons. The van der Waals surface area contributed by atoms with Crippen LogP contribution in [0, 0.1) is 0 Å². The minimum atomic E-state index is -3.91. The van der Waals surface area contributed by atoms with Gasteiger partial charge < -0.3 is 4.18 Å². The van der Waals surface area contributed by atoms with E-state index in [1.54, 1.807) is 35.7 Å². The van der Waals surface area contributed by atoms with E-state index in [9.17, 15) is 13.2 Å². The van der Waals surface area contributed by atoms with Crippen molar-refractivity contribution in [1.29, 1.82) is 0 Å². The predicted octanol–water partition coefficient (Wildman–Crippen LogP) is 4.05. The van der Waals surface area contributed by atoms with Crippen molar-refractivity contribution in [3.63, 3.8) is 0 Å². The quantitative estimate of drug-likeness (QED) is 0.525. The molecule has 1 heterocycles. The Balaban J connectivity index is 2.01. The highest BCUT2D eigenvalue weighted by Crippen LogP contribution is 2.31. The summed E-state index contributed by atoms with van der Waals surface area (Å²) in [5.74, 6) is 0.133. The lowest BCUT2D eigenvalue weighted by atomic mass is 10.2. The van der Waals surface area contributed by atoms with Crippen LogP contribution in [0.15, 0.2) is 58.8 Å². The van der Waals surface area contributed by atoms with Crippen LogP contribution in [0.1, 0.15) is 10.4 Å². The first-order valence-corrected chi connectivity index (χ1v) is 8.84. The summed E-state index contributed by atoms with van der Waals surface area (Å²) in [6.45, 7) is 0. The average molecular weight is 353 g/mol. The van der Waals surface area contributed by atoms with E-state index in [2.05, 4.69) is 0 Å². The van der Waals surface area contributed by atoms with Crippen LogP contribution in [0.2, 0.25) is 0 Å². The van der Waals surface area contributed by atoms with Gasteiger partial charge in [0.2, 0.25) is 0 Å². The maximum atomic E-state index is 12.2. The van der Waals surface area contributed by atoms with Crippen LogP contribution in [0.3, 0.4) is 0 Å². The van der Waals surface area contributed by atoms with Crippen LogP contribution in [0.4, 0.5) is 0 Å². The van der Waals surface area contributed by atoms with Gasteiger partial charge >= 0.3 is 10.1 Å². The molecule has 7 heteroatoms. The number of carbonyl (C=O) groups is 1. The van der Waals surface area contributed by atoms with Gasteiger partial charge in [0.15, 0.2) is 0 Å². The molecule has 4 nitrogen and oxygen atoms in total. The third kappa shape index (κ3) is 2.85. The van der Waals surface area contributed by atoms with E-state index in [1.807, 2.05) is 0 Å². The third-order valence-electron chi connectivity index (χ3n) is 2.99. The molecule has 0 amide bonds. The number of hydrogen-bond donors (Lipinski definition) is 0. The maximum absolute atomic E-state index is 12.2. The molecule has 3 aromatic rings. The number of thiophene rings is 1. The van der Waals surface area contributed by atoms with Crippen molar-refractivity contribution < 1.29 is 17.4 Å². The monoisotopic (exact) mass is 352 g/mol. The second kappa shape index (κ2) is 5.72. The molecule has 0 aliphatic carbocycles. The number of halogens is 1. The lowest BCUT2D eigenvalue weighted by Gasteiger charge is -2.07. The van der Waals surface area contributed by atoms with Crippen molar-refractivity contribution in [2.45, 2.75) is 4.90 Å². The maximum Gasteiger partial charge on any atom is 0.339 e. The smallest absolute Gasteiger partial charge is 0.339 e. The van der Waals surface area contributed by atoms with Crippen LogP contribution in [-0.4, -0.2) is 13.7 Å². The fraction of sp³-hybridized carbons (Fsp3) is 0. The molecular formula is C15H9ClO4S2. The molecule has 0 N–H and O–H groups in total. The highest BCUT2D eigenvalue weighted by atomic mass is 35.5. The molecule has 0 fully saturated rings. The van der Waals surface area contributed by atoms with Gasteiger partial charge in [-0.05, 0) is 41.9 Å². The molecule has 0 atom stereocenters. The first-order chi connectivity index (χ1) is 10.5. The summed E-state index contributed by atoms with van der Waals surface area (Å²) >= 11 is 6.87. The van der Waals surface area contributed by atoms with Gasteiger partial charge in [-0.1, -0.05) is 18.2 Å². The Kier molecular flexibility index (Phi) is 3.90. The van der Waals surface area contributed by atoms with E-state index in [0.717, 1.165) is 4.70 Å². The minimum absolute atomic E-state index is 0.0639. The number of fused-ring (bicyclic) bond motifs is 1. The van der Waals surface area contributed by atoms with Crippen LogP contribution in [0.5, 0.6) is 5.75 Å². The van der Waals surface area contributed by atoms with E-state index < -0.39 is 15.4 Å². The highest BCUT2D eigenvalue weighted by molar-refractivity contribution is 7.87. The van der Waals surface area contributed by atoms with E-state index in [0.29, 0.717) is 10.9 Å². The molecule has 0 saturated carbocycles. The molecule has 3 rings (SSSR count). The van der Waals surface area contributed by atoms with Crippen LogP contribution >= 0.6 is 22.9 Å². The molecule has 1 aromatic heterocycles. The topological polar surface area (TPSA) is 60.4 Å². The van der Waals surface area contributed by atoms with Gasteiger partial charge in [0.1, 0.15) is 10.6 Å². The van der Waals surface area contributed by atoms with Crippen molar-refractivity contribution in [3.8, 4) is 5.75 Å². The molecule has 22 heavy (non-hydrogen) atoms. The van der Waals surface area contributed by atoms with Crippen molar-refractivity contribution in [1.82, 2.24) is 0 Å². The Hall–Kier alpha value is -1.89. The summed E-state index contributed by atoms with van der Waals surface area (Å²) in [7, 11) is -3.91. The van der Waals surface area contributed by atoms with Crippen molar-refractivity contribution in [2.75, 3.05) is 0 Å². The van der Waals surface area contributed by atoms with Crippen molar-refractivity contribution in [2.24, 2.45) is 0 Å². The zero-order chi connectivity index (χ0) is 15.7. The van der Waals surface area contributed by atoms with Gasteiger partial charge in [0.25, 0.3) is 5.24 Å². The molecule has 0 spiro atoms. The molecule has 2 aromatic carbocycles. The fourth-order valence-electron chi connectivity index (χ4n) is 1.97. The second-order valence-electron chi connectivity index (χ2n) is 4.43. The molecule has 0 bridgehead atoms. The van der Waals surface area contributed by atoms with Crippen LogP contribution in [-0.2, 0) is 10.1 Å². The van der Waals surface area contributed by atoms with E-state index in [4.69, 9.17) is 15.8 Å². The lowest BCUT2D eigenvalue weighted by molar-refractivity contribution is 0.108. The first kappa shape index (κ1) is 15.0. The van der Waals surface area contributed by atoms with Gasteiger partial charge in [-0.15, -0.1) is 11.3 Å². The molecule has 0 aliphatic heterocycles. The molecule has 0 aliphatic rings. The number of rotatable bonds is 4. The Morgan fingerprint density at radius 1 is 1.09 bits per heavy atom. The molecule has 0 saturated heterocycles. The fourth-order valence-corrected chi connectivity index (χ4v) is 4.06. The predicted molar refractivity (Wildman–Crippen MR) is 86.3 cm³/mol. The normalized spacial score (nSPS) is 11.5. The SMILES string of the molecule is O=C(Cl)c1csc2ccc(OS(=O)(=O)c3ccccc3)cc12. The van der Waals surface area contributed by atoms with Crippen LogP contribution < -0.4 is 4.18 Å². The summed E-state index contributed by atoms with van der Waals surface area (Å²) in [6, 6.07) is 12.6. The largest absolute Gasteiger partial charge is 0.379 e. The zero-order valence-electron chi connectivity index (χ0n) is 11.0. The third-order valence-corrected chi connectivity index (χ3v) is 5.42. The average Bonchev–Trinajstić information content (AvgIpc) is 2.91. The van der Waals surface area contributed by atoms with E-state index in [1.165, 1.54) is 29.5 Å². The van der Waals surface area contributed by atoms with Crippen LogP contribution in [0.25, 0.3) is 10.1 Å². The summed E-state index contributed by atoms with van der Waals surface area (Å²) < 4.78 is 30.3. The number of carbonyl (C=O) groups excluding carboxylic acids is 1. The minimum Gasteiger partial charge on any atom is -0.379 e. The van der Waals surface area contributed by atoms with E-state index >= 15 is 0 Å². The Morgan fingerprint density at radius 2 is 1.82 bits per heavy atom. The van der Waals surface area contributed by atoms with Crippen molar-refractivity contribution >= 4 is 48.4 Å². The first-order valence-electron chi connectivity index (χ1n) is 6.18. The zero-order valence-corrected chi connectivity index (χ0v) is 13.4. The van der Waals surface area contributed by atoms with Crippen molar-refractivity contribution in [3.05, 3.63) is 59.5 Å². The molecule has 112 valence electrons. The Labute approximate surface area is 136 Å². The van der Waals surface area contributed by atoms with Gasteiger partial charge in [-0.25, -0.2) is 0 Å². The Morgan fingerprint density at radius 3 is 2.50 bits per heavy atom. The Bertz CT molecular complexity index is 946. The second-order valence-corrected chi connectivity index (χ2v) is 7.23. The molecule has 0 unspecified atom stereocenters. The standard InChI is InChI=1S/C15H9ClO4S2/c16-15(17)13-9-21-14-7-6-10(8-12(13)14)20-22(18,19)11-4-2-1-3-5-11/h1-9H. The van der Waals surface area contributed by atoms with Gasteiger partial charge in [-0.3, -0.25) is 4.79 Å². The lowest BCUT2D eigenvalue weighted by Crippen LogP contribution is -2.09. The molecular weight excluding hydrogens is 344 g/mol. The van der Waals surface area contributed by atoms with Gasteiger partial charge in [0, 0.05) is 15.5 Å². The highest BCUT2D eigenvalue weighted by Gasteiger charge is 2.17. The van der Waals surface area contributed by atoms with E-state index in [-0.39, 0.29) is 10.6 Å². The summed E-state index contributed by atoms with van der Waals surface area (Å²) in [5, 5.41) is 1.62. The number of hydrogen-bond acceptors (Lipinski definition) is 5. The summed E-state index contributed by atoms with van der Waals surface area (Å²) in [4.78, 5) is 11.4. The van der Waals surface area contributed by atoms with Gasteiger partial charge in [-0.2, -0.15) is 8.42 Å². The summed E-state index contributed by atoms with van der Waals surface area (Å²) in [6.07, 6.45) is 0. The number of benzene rings is 2.